The number of thioether (sulfide) groups is 1. The van der Waals surface area contributed by atoms with Crippen LogP contribution in [0, 0.1) is 22.7 Å². The van der Waals surface area contributed by atoms with Crippen LogP contribution in [-0.4, -0.2) is 17.9 Å². The maximum atomic E-state index is 12.1. The Morgan fingerprint density at radius 3 is 2.61 bits per heavy atom. The smallest absolute Gasteiger partial charge is 0.247 e. The van der Waals surface area contributed by atoms with Gasteiger partial charge in [0.15, 0.2) is 0 Å². The highest BCUT2D eigenvalue weighted by molar-refractivity contribution is 7.99. The van der Waals surface area contributed by atoms with Gasteiger partial charge in [0.2, 0.25) is 12.1 Å². The molecule has 0 radical (unpaired) electrons. The van der Waals surface area contributed by atoms with Crippen LogP contribution < -0.4 is 5.43 Å². The summed E-state index contributed by atoms with van der Waals surface area (Å²) in [4.78, 5) is 0.580. The highest BCUT2D eigenvalue weighted by Gasteiger charge is 2.07. The van der Waals surface area contributed by atoms with Crippen molar-refractivity contribution < 1.29 is 8.78 Å². The lowest BCUT2D eigenvalue weighted by atomic mass is 10.3. The SMILES string of the molecule is N#CC(C#N)=NNc1ccccc1SCC(F)F. The highest BCUT2D eigenvalue weighted by Crippen LogP contribution is 2.28. The Kier molecular flexibility index (Phi) is 5.62. The van der Waals surface area contributed by atoms with E-state index in [-0.39, 0.29) is 11.5 Å². The molecule has 0 bridgehead atoms. The second-order valence-corrected chi connectivity index (χ2v) is 4.06. The number of hydrogen-bond donors (Lipinski definition) is 1. The maximum Gasteiger partial charge on any atom is 0.247 e. The molecule has 92 valence electrons. The number of anilines is 1. The number of benzene rings is 1. The summed E-state index contributed by atoms with van der Waals surface area (Å²) in [6, 6.07) is 9.87. The molecule has 18 heavy (non-hydrogen) atoms. The number of nitrogens with one attached hydrogen (secondary N) is 1. The van der Waals surface area contributed by atoms with Crippen molar-refractivity contribution in [1.29, 1.82) is 10.5 Å². The maximum absolute atomic E-state index is 12.1. The first-order chi connectivity index (χ1) is 8.67. The molecule has 0 amide bonds. The monoisotopic (exact) mass is 266 g/mol. The lowest BCUT2D eigenvalue weighted by Gasteiger charge is -2.07. The van der Waals surface area contributed by atoms with Crippen LogP contribution in [0.4, 0.5) is 14.5 Å². The molecule has 0 aliphatic carbocycles. The number of rotatable bonds is 5. The van der Waals surface area contributed by atoms with Crippen LogP contribution in [0.3, 0.4) is 0 Å². The van der Waals surface area contributed by atoms with Crippen molar-refractivity contribution in [2.75, 3.05) is 11.2 Å². The molecule has 1 aromatic rings. The van der Waals surface area contributed by atoms with Gasteiger partial charge in [0.1, 0.15) is 12.1 Å². The fourth-order valence-corrected chi connectivity index (χ4v) is 1.78. The van der Waals surface area contributed by atoms with Gasteiger partial charge in [0.25, 0.3) is 0 Å². The normalized spacial score (nSPS) is 9.39. The molecular weight excluding hydrogens is 258 g/mol. The Bertz CT molecular complexity index is 501. The van der Waals surface area contributed by atoms with Crippen LogP contribution >= 0.6 is 11.8 Å². The molecule has 4 nitrogen and oxygen atoms in total. The fourth-order valence-electron chi connectivity index (χ4n) is 1.03. The van der Waals surface area contributed by atoms with E-state index in [2.05, 4.69) is 10.5 Å². The van der Waals surface area contributed by atoms with Crippen molar-refractivity contribution in [3.05, 3.63) is 24.3 Å². The van der Waals surface area contributed by atoms with Crippen LogP contribution in [0.5, 0.6) is 0 Å². The van der Waals surface area contributed by atoms with Crippen molar-refractivity contribution in [2.24, 2.45) is 5.10 Å². The molecule has 0 fully saturated rings. The molecule has 0 aliphatic heterocycles. The van der Waals surface area contributed by atoms with Gasteiger partial charge in [0.05, 0.1) is 11.4 Å². The van der Waals surface area contributed by atoms with Gasteiger partial charge in [-0.1, -0.05) is 12.1 Å². The average Bonchev–Trinajstić information content (AvgIpc) is 2.38. The van der Waals surface area contributed by atoms with E-state index in [0.29, 0.717) is 10.6 Å². The molecular formula is C11H8F2N4S. The summed E-state index contributed by atoms with van der Waals surface area (Å²) < 4.78 is 24.2. The summed E-state index contributed by atoms with van der Waals surface area (Å²) in [7, 11) is 0. The lowest BCUT2D eigenvalue weighted by Crippen LogP contribution is -1.99. The Morgan fingerprint density at radius 2 is 2.00 bits per heavy atom. The standard InChI is InChI=1S/C11H8F2N4S/c12-11(13)7-18-10-4-2-1-3-9(10)17-16-8(5-14)6-15/h1-4,11,17H,7H2. The van der Waals surface area contributed by atoms with E-state index in [1.165, 1.54) is 0 Å². The fraction of sp³-hybridized carbons (Fsp3) is 0.182. The minimum Gasteiger partial charge on any atom is -0.275 e. The van der Waals surface area contributed by atoms with Crippen LogP contribution in [0.25, 0.3) is 0 Å². The third-order valence-corrected chi connectivity index (χ3v) is 2.84. The van der Waals surface area contributed by atoms with Gasteiger partial charge in [0, 0.05) is 4.90 Å². The highest BCUT2D eigenvalue weighted by atomic mass is 32.2. The first-order valence-electron chi connectivity index (χ1n) is 4.81. The van der Waals surface area contributed by atoms with Gasteiger partial charge >= 0.3 is 0 Å². The number of hydrogen-bond acceptors (Lipinski definition) is 5. The third-order valence-electron chi connectivity index (χ3n) is 1.75. The van der Waals surface area contributed by atoms with E-state index >= 15 is 0 Å². The number of nitrogens with zero attached hydrogens (tertiary/aromatic N) is 3. The van der Waals surface area contributed by atoms with Gasteiger partial charge in [-0.3, -0.25) is 5.43 Å². The quantitative estimate of drug-likeness (QED) is 0.505. The second-order valence-electron chi connectivity index (χ2n) is 2.99. The van der Waals surface area contributed by atoms with Gasteiger partial charge in [-0.05, 0) is 12.1 Å². The zero-order chi connectivity index (χ0) is 13.4. The topological polar surface area (TPSA) is 72.0 Å². The number of nitriles is 2. The Balaban J connectivity index is 2.80. The molecule has 0 saturated heterocycles. The van der Waals surface area contributed by atoms with E-state index in [9.17, 15) is 8.78 Å². The van der Waals surface area contributed by atoms with Gasteiger partial charge in [-0.15, -0.1) is 11.8 Å². The van der Waals surface area contributed by atoms with Gasteiger partial charge in [-0.2, -0.15) is 15.6 Å². The summed E-state index contributed by atoms with van der Waals surface area (Å²) in [6.07, 6.45) is -2.40. The largest absolute Gasteiger partial charge is 0.275 e. The molecule has 1 rings (SSSR count). The number of para-hydroxylation sites is 1. The first-order valence-corrected chi connectivity index (χ1v) is 5.79. The minimum atomic E-state index is -2.40. The Labute approximate surface area is 107 Å². The van der Waals surface area contributed by atoms with E-state index < -0.39 is 6.43 Å². The summed E-state index contributed by atoms with van der Waals surface area (Å²) in [6.45, 7) is 0. The van der Waals surface area contributed by atoms with Crippen molar-refractivity contribution in [1.82, 2.24) is 0 Å². The van der Waals surface area contributed by atoms with E-state index in [1.54, 1.807) is 36.4 Å². The summed E-state index contributed by atoms with van der Waals surface area (Å²) in [5, 5.41) is 20.6. The average molecular weight is 266 g/mol. The summed E-state index contributed by atoms with van der Waals surface area (Å²) >= 11 is 0.974. The minimum absolute atomic E-state index is 0.328. The Morgan fingerprint density at radius 1 is 1.33 bits per heavy atom. The van der Waals surface area contributed by atoms with Crippen LogP contribution in [0.15, 0.2) is 34.3 Å². The van der Waals surface area contributed by atoms with Crippen LogP contribution in [-0.2, 0) is 0 Å². The van der Waals surface area contributed by atoms with E-state index in [0.717, 1.165) is 11.8 Å². The second kappa shape index (κ2) is 7.25. The number of hydrazone groups is 1. The third kappa shape index (κ3) is 4.40. The van der Waals surface area contributed by atoms with Crippen LogP contribution in [0.1, 0.15) is 0 Å². The molecule has 0 atom stereocenters. The van der Waals surface area contributed by atoms with E-state index in [4.69, 9.17) is 10.5 Å². The van der Waals surface area contributed by atoms with Crippen molar-refractivity contribution in [3.63, 3.8) is 0 Å². The molecule has 0 saturated carbocycles. The number of alkyl halides is 2. The van der Waals surface area contributed by atoms with Crippen molar-refractivity contribution in [2.45, 2.75) is 11.3 Å². The predicted molar refractivity (Wildman–Crippen MR) is 65.5 cm³/mol. The van der Waals surface area contributed by atoms with Gasteiger partial charge < -0.3 is 0 Å². The summed E-state index contributed by atoms with van der Waals surface area (Å²) in [5.74, 6) is -0.328. The van der Waals surface area contributed by atoms with E-state index in [1.807, 2.05) is 0 Å². The lowest BCUT2D eigenvalue weighted by molar-refractivity contribution is 0.177. The first kappa shape index (κ1) is 13.9. The molecule has 7 heteroatoms. The molecule has 0 unspecified atom stereocenters. The van der Waals surface area contributed by atoms with Gasteiger partial charge in [-0.25, -0.2) is 8.78 Å². The molecule has 0 spiro atoms. The molecule has 0 aromatic heterocycles. The zero-order valence-electron chi connectivity index (χ0n) is 9.10. The molecule has 1 N–H and O–H groups in total. The summed E-state index contributed by atoms with van der Waals surface area (Å²) in [5.41, 5.74) is 2.66. The molecule has 1 aromatic carbocycles. The molecule has 0 aliphatic rings. The zero-order valence-corrected chi connectivity index (χ0v) is 9.92. The molecule has 0 heterocycles. The van der Waals surface area contributed by atoms with Crippen molar-refractivity contribution in [3.8, 4) is 12.1 Å². The predicted octanol–water partition coefficient (Wildman–Crippen LogP) is 2.86. The Hall–Kier alpha value is -2.12. The number of halogens is 2. The van der Waals surface area contributed by atoms with Crippen molar-refractivity contribution >= 4 is 23.2 Å². The van der Waals surface area contributed by atoms with Crippen LogP contribution in [0.2, 0.25) is 0 Å².